The maximum absolute atomic E-state index is 14.2. The first-order valence-electron chi connectivity index (χ1n) is 11.3. The first-order chi connectivity index (χ1) is 15.5. The van der Waals surface area contributed by atoms with Crippen molar-refractivity contribution < 1.29 is 9.50 Å². The molecule has 3 aliphatic rings. The van der Waals surface area contributed by atoms with Crippen LogP contribution in [0.2, 0.25) is 0 Å². The molecule has 2 aromatic heterocycles. The molecule has 2 saturated heterocycles. The summed E-state index contributed by atoms with van der Waals surface area (Å²) in [7, 11) is 1.86. The molecule has 9 heteroatoms. The minimum Gasteiger partial charge on any atom is -0.507 e. The van der Waals surface area contributed by atoms with Gasteiger partial charge in [-0.2, -0.15) is 5.10 Å². The lowest BCUT2D eigenvalue weighted by molar-refractivity contribution is 0.271. The zero-order valence-corrected chi connectivity index (χ0v) is 17.9. The highest BCUT2D eigenvalue weighted by molar-refractivity contribution is 5.73. The van der Waals surface area contributed by atoms with E-state index in [4.69, 9.17) is 0 Å². The molecule has 3 fully saturated rings. The van der Waals surface area contributed by atoms with Crippen LogP contribution in [0.25, 0.3) is 22.4 Å². The second-order valence-corrected chi connectivity index (χ2v) is 9.26. The monoisotopic (exact) mass is 435 g/mol. The Bertz CT molecular complexity index is 1130. The molecule has 4 atom stereocenters. The predicted octanol–water partition coefficient (Wildman–Crippen LogP) is 2.84. The van der Waals surface area contributed by atoms with Crippen LogP contribution < -0.4 is 10.2 Å². The highest BCUT2D eigenvalue weighted by atomic mass is 19.1. The van der Waals surface area contributed by atoms with Gasteiger partial charge in [-0.15, -0.1) is 10.2 Å². The van der Waals surface area contributed by atoms with Gasteiger partial charge in [-0.05, 0) is 49.8 Å². The highest BCUT2D eigenvalue weighted by Gasteiger charge is 2.46. The maximum atomic E-state index is 14.2. The number of benzene rings is 1. The highest BCUT2D eigenvalue weighted by Crippen LogP contribution is 2.39. The van der Waals surface area contributed by atoms with Gasteiger partial charge in [0.05, 0.1) is 12.4 Å². The lowest BCUT2D eigenvalue weighted by Crippen LogP contribution is -2.50. The summed E-state index contributed by atoms with van der Waals surface area (Å²) in [6.45, 7) is 0. The zero-order chi connectivity index (χ0) is 21.8. The van der Waals surface area contributed by atoms with E-state index in [-0.39, 0.29) is 23.9 Å². The third-order valence-corrected chi connectivity index (χ3v) is 6.90. The topological polar surface area (TPSA) is 92.0 Å². The Morgan fingerprint density at radius 2 is 1.97 bits per heavy atom. The van der Waals surface area contributed by atoms with Crippen molar-refractivity contribution in [2.45, 2.75) is 62.4 Å². The number of aryl methyl sites for hydroxylation is 1. The van der Waals surface area contributed by atoms with Crippen LogP contribution in [0.5, 0.6) is 5.75 Å². The van der Waals surface area contributed by atoms with E-state index in [0.29, 0.717) is 29.7 Å². The van der Waals surface area contributed by atoms with E-state index in [1.54, 1.807) is 23.1 Å². The van der Waals surface area contributed by atoms with Crippen molar-refractivity contribution >= 4 is 5.95 Å². The van der Waals surface area contributed by atoms with Crippen molar-refractivity contribution in [2.75, 3.05) is 4.90 Å². The van der Waals surface area contributed by atoms with Gasteiger partial charge in [-0.3, -0.25) is 4.68 Å². The molecule has 3 aromatic rings. The van der Waals surface area contributed by atoms with Gasteiger partial charge in [0.2, 0.25) is 5.95 Å². The normalized spacial score (nSPS) is 26.9. The number of piperidine rings is 1. The molecule has 1 aliphatic carbocycles. The number of phenols is 1. The van der Waals surface area contributed by atoms with Crippen molar-refractivity contribution in [1.82, 2.24) is 30.3 Å². The van der Waals surface area contributed by atoms with Crippen LogP contribution in [-0.2, 0) is 7.05 Å². The van der Waals surface area contributed by atoms with Crippen molar-refractivity contribution in [3.63, 3.8) is 0 Å². The number of aromatic nitrogens is 5. The van der Waals surface area contributed by atoms with Crippen LogP contribution in [0.3, 0.4) is 0 Å². The number of rotatable bonds is 5. The summed E-state index contributed by atoms with van der Waals surface area (Å²) in [5.74, 6) is 0.725. The van der Waals surface area contributed by atoms with E-state index in [0.717, 1.165) is 36.8 Å². The Balaban J connectivity index is 1.25. The van der Waals surface area contributed by atoms with Crippen LogP contribution >= 0.6 is 0 Å². The number of halogens is 1. The van der Waals surface area contributed by atoms with E-state index in [2.05, 4.69) is 30.5 Å². The molecule has 32 heavy (non-hydrogen) atoms. The fraction of sp³-hybridized carbons (Fsp3) is 0.478. The van der Waals surface area contributed by atoms with Gasteiger partial charge in [0.1, 0.15) is 17.6 Å². The molecule has 166 valence electrons. The number of hydrogen-bond donors (Lipinski definition) is 2. The Morgan fingerprint density at radius 1 is 1.09 bits per heavy atom. The first-order valence-corrected chi connectivity index (χ1v) is 11.3. The van der Waals surface area contributed by atoms with Gasteiger partial charge in [0.15, 0.2) is 0 Å². The van der Waals surface area contributed by atoms with Crippen molar-refractivity contribution in [3.05, 3.63) is 36.8 Å². The maximum Gasteiger partial charge on any atom is 0.245 e. The number of nitrogens with zero attached hydrogens (tertiary/aromatic N) is 6. The van der Waals surface area contributed by atoms with E-state index in [9.17, 15) is 9.50 Å². The summed E-state index contributed by atoms with van der Waals surface area (Å²) in [4.78, 5) is 6.89. The second-order valence-electron chi connectivity index (χ2n) is 9.26. The average Bonchev–Trinajstić information content (AvgIpc) is 3.46. The van der Waals surface area contributed by atoms with Crippen LogP contribution in [-0.4, -0.2) is 60.4 Å². The minimum absolute atomic E-state index is 0.0671. The quantitative estimate of drug-likeness (QED) is 0.637. The first kappa shape index (κ1) is 19.6. The zero-order valence-electron chi connectivity index (χ0n) is 17.9. The number of alkyl halides is 1. The van der Waals surface area contributed by atoms with E-state index in [1.807, 2.05) is 25.4 Å². The summed E-state index contributed by atoms with van der Waals surface area (Å²) in [5, 5.41) is 27.0. The van der Waals surface area contributed by atoms with Gasteiger partial charge in [0.25, 0.3) is 0 Å². The molecule has 0 amide bonds. The lowest BCUT2D eigenvalue weighted by Gasteiger charge is -2.37. The van der Waals surface area contributed by atoms with Gasteiger partial charge in [0, 0.05) is 48.5 Å². The smallest absolute Gasteiger partial charge is 0.245 e. The number of phenolic OH excluding ortho intramolecular Hbond substituents is 1. The van der Waals surface area contributed by atoms with Gasteiger partial charge < -0.3 is 15.3 Å². The molecule has 2 bridgehead atoms. The molecule has 8 nitrogen and oxygen atoms in total. The van der Waals surface area contributed by atoms with E-state index >= 15 is 0 Å². The minimum atomic E-state index is -0.759. The van der Waals surface area contributed by atoms with Crippen LogP contribution in [0.1, 0.15) is 32.1 Å². The molecular weight excluding hydrogens is 409 g/mol. The third-order valence-electron chi connectivity index (χ3n) is 6.90. The Labute approximate surface area is 185 Å². The van der Waals surface area contributed by atoms with Crippen molar-refractivity contribution in [3.8, 4) is 28.1 Å². The molecular formula is C23H26FN7O. The van der Waals surface area contributed by atoms with Gasteiger partial charge in [-0.25, -0.2) is 9.37 Å². The van der Waals surface area contributed by atoms with Gasteiger partial charge >= 0.3 is 0 Å². The summed E-state index contributed by atoms with van der Waals surface area (Å²) in [6.07, 6.45) is 9.08. The summed E-state index contributed by atoms with van der Waals surface area (Å²) in [5.41, 5.74) is 2.92. The molecule has 2 N–H and O–H groups in total. The molecule has 0 radical (unpaired) electrons. The van der Waals surface area contributed by atoms with Gasteiger partial charge in [-0.1, -0.05) is 6.07 Å². The fourth-order valence-corrected chi connectivity index (χ4v) is 5.22. The Kier molecular flexibility index (Phi) is 4.60. The summed E-state index contributed by atoms with van der Waals surface area (Å²) >= 11 is 0. The number of nitrogens with one attached hydrogen (secondary N) is 1. The second kappa shape index (κ2) is 7.51. The van der Waals surface area contributed by atoms with Crippen LogP contribution in [0.4, 0.5) is 10.3 Å². The molecule has 4 heterocycles. The lowest BCUT2D eigenvalue weighted by atomic mass is 9.98. The Morgan fingerprint density at radius 3 is 2.62 bits per heavy atom. The van der Waals surface area contributed by atoms with E-state index < -0.39 is 6.17 Å². The SMILES string of the molecule is Cn1cc(-c2ccc(-c3cnc(N(C4CC4)[C@@H]4C[C@H]5C[C@@H](F)[C@@H](C4)N5)nn3)c(O)c2)cn1. The molecule has 6 rings (SSSR count). The molecule has 2 aliphatic heterocycles. The molecule has 0 unspecified atom stereocenters. The number of hydrogen-bond acceptors (Lipinski definition) is 7. The Hall–Kier alpha value is -3.07. The standard InChI is InChI=1S/C23H26FN7O/c1-30-12-14(10-26-30)13-2-5-18(22(32)6-13)21-11-25-23(29-28-21)31(16-3-4-16)17-7-15-8-19(24)20(9-17)27-15/h2,5-6,10-12,15-17,19-20,27,32H,3-4,7-9H2,1H3/t15-,17+,19+,20+/m0/s1. The third kappa shape index (κ3) is 3.50. The number of aromatic hydroxyl groups is 1. The average molecular weight is 436 g/mol. The van der Waals surface area contributed by atoms with Crippen molar-refractivity contribution in [2.24, 2.45) is 7.05 Å². The molecule has 0 spiro atoms. The predicted molar refractivity (Wildman–Crippen MR) is 118 cm³/mol. The number of anilines is 1. The molecule has 1 aromatic carbocycles. The largest absolute Gasteiger partial charge is 0.507 e. The van der Waals surface area contributed by atoms with E-state index in [1.165, 1.54) is 0 Å². The van der Waals surface area contributed by atoms with Crippen LogP contribution in [0.15, 0.2) is 36.8 Å². The summed E-state index contributed by atoms with van der Waals surface area (Å²) in [6, 6.07) is 6.27. The van der Waals surface area contributed by atoms with Crippen LogP contribution in [0, 0.1) is 0 Å². The number of fused-ring (bicyclic) bond motifs is 2. The van der Waals surface area contributed by atoms with Crippen molar-refractivity contribution in [1.29, 1.82) is 0 Å². The summed E-state index contributed by atoms with van der Waals surface area (Å²) < 4.78 is 15.9. The fourth-order valence-electron chi connectivity index (χ4n) is 5.22. The molecule has 1 saturated carbocycles.